The van der Waals surface area contributed by atoms with Gasteiger partial charge in [0.05, 0.1) is 12.5 Å². The number of carboxylic acids is 1. The van der Waals surface area contributed by atoms with Gasteiger partial charge in [-0.2, -0.15) is 13.2 Å². The van der Waals surface area contributed by atoms with Crippen LogP contribution in [0.4, 0.5) is 13.2 Å². The van der Waals surface area contributed by atoms with E-state index in [0.717, 1.165) is 0 Å². The summed E-state index contributed by atoms with van der Waals surface area (Å²) in [5.41, 5.74) is 4.83. The van der Waals surface area contributed by atoms with E-state index in [4.69, 9.17) is 15.6 Å². The Morgan fingerprint density at radius 2 is 2.00 bits per heavy atom. The molecule has 0 radical (unpaired) electrons. The maximum Gasteiger partial charge on any atom is 0.471 e. The number of hydrogen-bond acceptors (Lipinski definition) is 5. The number of carboxylic acid groups (broad SMARTS) is 1. The van der Waals surface area contributed by atoms with Crippen molar-refractivity contribution >= 4 is 17.8 Å². The van der Waals surface area contributed by atoms with Crippen molar-refractivity contribution < 1.29 is 37.4 Å². The second-order valence-electron chi connectivity index (χ2n) is 6.30. The zero-order chi connectivity index (χ0) is 20.7. The topological polar surface area (TPSA) is 119 Å². The van der Waals surface area contributed by atoms with E-state index < -0.39 is 35.6 Å². The van der Waals surface area contributed by atoms with E-state index in [-0.39, 0.29) is 18.9 Å². The smallest absolute Gasteiger partial charge is 0.471 e. The minimum atomic E-state index is -5.12. The van der Waals surface area contributed by atoms with Gasteiger partial charge in [-0.05, 0) is 26.2 Å². The summed E-state index contributed by atoms with van der Waals surface area (Å²) in [6.07, 6.45) is -2.83. The first-order chi connectivity index (χ1) is 12.5. The molecule has 10 heteroatoms. The molecule has 7 nitrogen and oxygen atoms in total. The minimum absolute atomic E-state index is 0.109. The monoisotopic (exact) mass is 392 g/mol. The molecule has 0 bridgehead atoms. The Bertz CT molecular complexity index is 626. The summed E-state index contributed by atoms with van der Waals surface area (Å²) in [5.74, 6) is 1.29. The second-order valence-corrected chi connectivity index (χ2v) is 6.30. The van der Waals surface area contributed by atoms with Crippen molar-refractivity contribution in [1.29, 1.82) is 0 Å². The number of ether oxygens (including phenoxy) is 1. The molecule has 0 aromatic rings. The van der Waals surface area contributed by atoms with Crippen molar-refractivity contribution in [3.63, 3.8) is 0 Å². The Kier molecular flexibility index (Phi) is 8.09. The average molecular weight is 392 g/mol. The normalized spacial score (nSPS) is 22.2. The summed E-state index contributed by atoms with van der Waals surface area (Å²) in [6.45, 7) is 1.94. The maximum absolute atomic E-state index is 12.2. The van der Waals surface area contributed by atoms with Crippen molar-refractivity contribution in [2.75, 3.05) is 6.61 Å². The predicted molar refractivity (Wildman–Crippen MR) is 88.1 cm³/mol. The lowest BCUT2D eigenvalue weighted by molar-refractivity contribution is -0.175. The number of aliphatic carboxylic acids is 1. The molecule has 27 heavy (non-hydrogen) atoms. The molecule has 0 spiro atoms. The van der Waals surface area contributed by atoms with Gasteiger partial charge in [0.15, 0.2) is 0 Å². The first kappa shape index (κ1) is 22.8. The third-order valence-electron chi connectivity index (χ3n) is 4.09. The number of amides is 1. The SMILES string of the molecule is CCOC(=O)[C@@]1(N)C[C@H]1C#CCCCCC[C@H](NC(=O)C(F)(F)F)C(=O)O. The van der Waals surface area contributed by atoms with E-state index in [1.807, 2.05) is 0 Å². The van der Waals surface area contributed by atoms with E-state index in [2.05, 4.69) is 11.8 Å². The Morgan fingerprint density at radius 1 is 1.33 bits per heavy atom. The number of carbonyl (C=O) groups excluding carboxylic acids is 2. The number of carbonyl (C=O) groups is 3. The molecule has 0 aromatic heterocycles. The lowest BCUT2D eigenvalue weighted by Crippen LogP contribution is -2.46. The van der Waals surface area contributed by atoms with Gasteiger partial charge in [-0.25, -0.2) is 4.79 Å². The van der Waals surface area contributed by atoms with Gasteiger partial charge in [0.1, 0.15) is 11.6 Å². The highest BCUT2D eigenvalue weighted by Gasteiger charge is 2.58. The van der Waals surface area contributed by atoms with Crippen LogP contribution in [0.3, 0.4) is 0 Å². The van der Waals surface area contributed by atoms with E-state index in [1.165, 1.54) is 5.32 Å². The molecule has 152 valence electrons. The molecule has 1 fully saturated rings. The second kappa shape index (κ2) is 9.60. The lowest BCUT2D eigenvalue weighted by Gasteiger charge is -2.15. The molecule has 0 saturated heterocycles. The zero-order valence-electron chi connectivity index (χ0n) is 14.9. The Morgan fingerprint density at radius 3 is 2.56 bits per heavy atom. The Hall–Kier alpha value is -2.28. The summed E-state index contributed by atoms with van der Waals surface area (Å²) in [6, 6.07) is -1.58. The van der Waals surface area contributed by atoms with Gasteiger partial charge in [-0.3, -0.25) is 9.59 Å². The van der Waals surface area contributed by atoms with Crippen molar-refractivity contribution in [2.24, 2.45) is 11.7 Å². The van der Waals surface area contributed by atoms with Gasteiger partial charge in [-0.15, -0.1) is 5.92 Å². The number of nitrogens with two attached hydrogens (primary N) is 1. The summed E-state index contributed by atoms with van der Waals surface area (Å²) in [5, 5.41) is 10.3. The first-order valence-corrected chi connectivity index (χ1v) is 8.57. The number of esters is 1. The highest BCUT2D eigenvalue weighted by molar-refractivity contribution is 5.87. The van der Waals surface area contributed by atoms with Crippen molar-refractivity contribution in [1.82, 2.24) is 5.32 Å². The molecule has 1 aliphatic carbocycles. The number of hydrogen-bond donors (Lipinski definition) is 3. The van der Waals surface area contributed by atoms with Gasteiger partial charge >= 0.3 is 24.0 Å². The summed E-state index contributed by atoms with van der Waals surface area (Å²) in [4.78, 5) is 33.3. The third-order valence-corrected chi connectivity index (χ3v) is 4.09. The van der Waals surface area contributed by atoms with Gasteiger partial charge in [-0.1, -0.05) is 18.8 Å². The number of halogens is 3. The Labute approximate surface area is 154 Å². The van der Waals surface area contributed by atoms with Crippen LogP contribution in [-0.2, 0) is 19.1 Å². The fraction of sp³-hybridized carbons (Fsp3) is 0.706. The number of rotatable bonds is 9. The number of nitrogens with one attached hydrogen (secondary N) is 1. The van der Waals surface area contributed by atoms with Crippen LogP contribution in [-0.4, -0.2) is 47.3 Å². The molecule has 0 aromatic carbocycles. The van der Waals surface area contributed by atoms with Crippen LogP contribution in [0.15, 0.2) is 0 Å². The van der Waals surface area contributed by atoms with Crippen LogP contribution >= 0.6 is 0 Å². The zero-order valence-corrected chi connectivity index (χ0v) is 14.9. The lowest BCUT2D eigenvalue weighted by atomic mass is 10.1. The summed E-state index contributed by atoms with van der Waals surface area (Å²) >= 11 is 0. The average Bonchev–Trinajstić information content (AvgIpc) is 3.23. The van der Waals surface area contributed by atoms with Crippen molar-refractivity contribution in [3.05, 3.63) is 0 Å². The molecule has 1 rings (SSSR count). The molecular weight excluding hydrogens is 369 g/mol. The van der Waals surface area contributed by atoms with Crippen LogP contribution in [0.2, 0.25) is 0 Å². The van der Waals surface area contributed by atoms with Crippen LogP contribution in [0.5, 0.6) is 0 Å². The highest BCUT2D eigenvalue weighted by Crippen LogP contribution is 2.41. The molecular formula is C17H23F3N2O5. The van der Waals surface area contributed by atoms with E-state index in [1.54, 1.807) is 6.92 Å². The van der Waals surface area contributed by atoms with E-state index in [9.17, 15) is 27.6 Å². The first-order valence-electron chi connectivity index (χ1n) is 8.57. The quantitative estimate of drug-likeness (QED) is 0.310. The van der Waals surface area contributed by atoms with Gasteiger partial charge < -0.3 is 20.9 Å². The standard InChI is InChI=1S/C17H23F3N2O5/c1-2-27-15(26)16(21)10-11(16)8-6-4-3-5-7-9-12(13(23)24)22-14(25)17(18,19)20/h11-12H,2-5,7,9-10,21H2,1H3,(H,22,25)(H,23,24)/t11-,12+,16-/m1/s1. The van der Waals surface area contributed by atoms with Gasteiger partial charge in [0.25, 0.3) is 0 Å². The molecule has 3 atom stereocenters. The van der Waals surface area contributed by atoms with Crippen LogP contribution in [0, 0.1) is 17.8 Å². The molecule has 1 saturated carbocycles. The third kappa shape index (κ3) is 7.09. The molecule has 1 amide bonds. The van der Waals surface area contributed by atoms with E-state index in [0.29, 0.717) is 32.1 Å². The summed E-state index contributed by atoms with van der Waals surface area (Å²) in [7, 11) is 0. The van der Waals surface area contributed by atoms with Gasteiger partial charge in [0.2, 0.25) is 0 Å². The molecule has 4 N–H and O–H groups in total. The van der Waals surface area contributed by atoms with Crippen LogP contribution < -0.4 is 11.1 Å². The maximum atomic E-state index is 12.2. The summed E-state index contributed by atoms with van der Waals surface area (Å²) < 4.78 is 41.3. The largest absolute Gasteiger partial charge is 0.480 e. The predicted octanol–water partition coefficient (Wildman–Crippen LogP) is 1.35. The molecule has 0 aliphatic heterocycles. The minimum Gasteiger partial charge on any atom is -0.480 e. The van der Waals surface area contributed by atoms with Crippen LogP contribution in [0.25, 0.3) is 0 Å². The molecule has 0 heterocycles. The molecule has 0 unspecified atom stereocenters. The number of unbranched alkanes of at least 4 members (excludes halogenated alkanes) is 3. The van der Waals surface area contributed by atoms with Crippen molar-refractivity contribution in [3.8, 4) is 11.8 Å². The fourth-order valence-corrected chi connectivity index (χ4v) is 2.38. The van der Waals surface area contributed by atoms with E-state index >= 15 is 0 Å². The Balaban J connectivity index is 2.26. The van der Waals surface area contributed by atoms with Gasteiger partial charge in [0, 0.05) is 6.42 Å². The fourth-order valence-electron chi connectivity index (χ4n) is 2.38. The van der Waals surface area contributed by atoms with Crippen molar-refractivity contribution in [2.45, 2.75) is 63.2 Å². The number of alkyl halides is 3. The highest BCUT2D eigenvalue weighted by atomic mass is 19.4. The molecule has 1 aliphatic rings. The van der Waals surface area contributed by atoms with Crippen LogP contribution in [0.1, 0.15) is 45.4 Å².